The number of carbonyl (C=O) groups excluding carboxylic acids is 1. The van der Waals surface area contributed by atoms with Crippen molar-refractivity contribution in [1.82, 2.24) is 4.90 Å². The molecule has 0 radical (unpaired) electrons. The van der Waals surface area contributed by atoms with Crippen LogP contribution in [-0.4, -0.2) is 30.8 Å². The number of benzene rings is 2. The Morgan fingerprint density at radius 1 is 1.00 bits per heavy atom. The summed E-state index contributed by atoms with van der Waals surface area (Å²) in [5.41, 5.74) is 0. The Balaban J connectivity index is 2.29. The summed E-state index contributed by atoms with van der Waals surface area (Å²) in [5, 5.41) is -1.17. The zero-order valence-corrected chi connectivity index (χ0v) is 15.0. The fourth-order valence-corrected chi connectivity index (χ4v) is 3.93. The number of para-hydroxylation sites is 1. The minimum absolute atomic E-state index is 0.0560. The van der Waals surface area contributed by atoms with Gasteiger partial charge in [-0.15, -0.1) is 0 Å². The summed E-state index contributed by atoms with van der Waals surface area (Å²) in [6, 6.07) is 12.5. The van der Waals surface area contributed by atoms with Gasteiger partial charge in [-0.3, -0.25) is 4.90 Å². The van der Waals surface area contributed by atoms with Gasteiger partial charge >= 0.3 is 6.09 Å². The van der Waals surface area contributed by atoms with Gasteiger partial charge in [0.1, 0.15) is 16.9 Å². The molecule has 0 heterocycles. The van der Waals surface area contributed by atoms with Gasteiger partial charge in [0.2, 0.25) is 0 Å². The molecule has 1 atom stereocenters. The molecule has 0 fully saturated rings. The Morgan fingerprint density at radius 2 is 1.56 bits per heavy atom. The summed E-state index contributed by atoms with van der Waals surface area (Å²) in [6.45, 7) is 4.80. The first-order valence-electron chi connectivity index (χ1n) is 7.78. The standard InChI is InChI=1S/C18H20FNO4S/c1-13(2)20(18(21)24-16-7-5-4-6-8-16)14(3)25(22,23)17-11-9-15(19)10-12-17/h4-14H,1-3H3. The lowest BCUT2D eigenvalue weighted by atomic mass is 10.3. The fourth-order valence-electron chi connectivity index (χ4n) is 2.39. The lowest BCUT2D eigenvalue weighted by Crippen LogP contribution is -2.48. The number of rotatable bonds is 5. The van der Waals surface area contributed by atoms with Crippen LogP contribution in [-0.2, 0) is 9.84 Å². The predicted molar refractivity (Wildman–Crippen MR) is 92.5 cm³/mol. The van der Waals surface area contributed by atoms with Crippen LogP contribution in [0.15, 0.2) is 59.5 Å². The van der Waals surface area contributed by atoms with E-state index in [9.17, 15) is 17.6 Å². The lowest BCUT2D eigenvalue weighted by molar-refractivity contribution is 0.134. The van der Waals surface area contributed by atoms with E-state index in [1.807, 2.05) is 0 Å². The molecule has 7 heteroatoms. The number of nitrogens with zero attached hydrogens (tertiary/aromatic N) is 1. The van der Waals surface area contributed by atoms with Gasteiger partial charge in [-0.05, 0) is 57.2 Å². The van der Waals surface area contributed by atoms with E-state index >= 15 is 0 Å². The molecular weight excluding hydrogens is 345 g/mol. The molecule has 2 rings (SSSR count). The number of hydrogen-bond acceptors (Lipinski definition) is 4. The molecule has 0 aliphatic rings. The zero-order chi connectivity index (χ0) is 18.6. The monoisotopic (exact) mass is 365 g/mol. The first kappa shape index (κ1) is 18.9. The summed E-state index contributed by atoms with van der Waals surface area (Å²) in [4.78, 5) is 13.6. The van der Waals surface area contributed by atoms with Crippen LogP contribution < -0.4 is 4.74 Å². The molecule has 0 bridgehead atoms. The molecule has 2 aromatic rings. The lowest BCUT2D eigenvalue weighted by Gasteiger charge is -2.31. The molecule has 1 unspecified atom stereocenters. The van der Waals surface area contributed by atoms with Crippen LogP contribution in [0.2, 0.25) is 0 Å². The molecule has 2 aromatic carbocycles. The van der Waals surface area contributed by atoms with E-state index in [0.29, 0.717) is 5.75 Å². The average molecular weight is 365 g/mol. The summed E-state index contributed by atoms with van der Waals surface area (Å²) in [5.74, 6) is -0.208. The van der Waals surface area contributed by atoms with Gasteiger partial charge < -0.3 is 4.74 Å². The Labute approximate surface area is 147 Å². The number of sulfone groups is 1. The second-order valence-electron chi connectivity index (χ2n) is 5.78. The van der Waals surface area contributed by atoms with Crippen molar-refractivity contribution in [3.8, 4) is 5.75 Å². The van der Waals surface area contributed by atoms with Gasteiger partial charge in [-0.1, -0.05) is 18.2 Å². The molecule has 0 N–H and O–H groups in total. The Hall–Kier alpha value is -2.41. The molecule has 0 aromatic heterocycles. The maximum absolute atomic E-state index is 13.1. The van der Waals surface area contributed by atoms with E-state index in [-0.39, 0.29) is 4.90 Å². The molecule has 0 spiro atoms. The van der Waals surface area contributed by atoms with E-state index in [2.05, 4.69) is 0 Å². The van der Waals surface area contributed by atoms with Gasteiger partial charge in [0.05, 0.1) is 4.90 Å². The molecule has 1 amide bonds. The van der Waals surface area contributed by atoms with Gasteiger partial charge in [0, 0.05) is 6.04 Å². The molecule has 0 aliphatic carbocycles. The minimum Gasteiger partial charge on any atom is -0.410 e. The minimum atomic E-state index is -3.88. The van der Waals surface area contributed by atoms with E-state index < -0.39 is 33.2 Å². The van der Waals surface area contributed by atoms with Crippen molar-refractivity contribution < 1.29 is 22.3 Å². The van der Waals surface area contributed by atoms with Gasteiger partial charge in [0.15, 0.2) is 9.84 Å². The van der Waals surface area contributed by atoms with Crippen LogP contribution >= 0.6 is 0 Å². The summed E-state index contributed by atoms with van der Waals surface area (Å²) in [6.07, 6.45) is -0.764. The van der Waals surface area contributed by atoms with Crippen molar-refractivity contribution in [1.29, 1.82) is 0 Å². The van der Waals surface area contributed by atoms with Crippen LogP contribution in [0.4, 0.5) is 9.18 Å². The first-order chi connectivity index (χ1) is 11.7. The van der Waals surface area contributed by atoms with Gasteiger partial charge in [-0.2, -0.15) is 0 Å². The topological polar surface area (TPSA) is 63.7 Å². The normalized spacial score (nSPS) is 12.7. The first-order valence-corrected chi connectivity index (χ1v) is 9.32. The molecular formula is C18H20FNO4S. The van der Waals surface area contributed by atoms with Crippen LogP contribution in [0.5, 0.6) is 5.75 Å². The third kappa shape index (κ3) is 4.36. The molecule has 25 heavy (non-hydrogen) atoms. The van der Waals surface area contributed by atoms with Crippen LogP contribution in [0.25, 0.3) is 0 Å². The van der Waals surface area contributed by atoms with Gasteiger partial charge in [-0.25, -0.2) is 17.6 Å². The average Bonchev–Trinajstić information content (AvgIpc) is 2.55. The van der Waals surface area contributed by atoms with E-state index in [0.717, 1.165) is 17.0 Å². The van der Waals surface area contributed by atoms with E-state index in [1.54, 1.807) is 44.2 Å². The second-order valence-corrected chi connectivity index (χ2v) is 8.02. The quantitative estimate of drug-likeness (QED) is 0.755. The highest BCUT2D eigenvalue weighted by Gasteiger charge is 2.35. The number of carbonyl (C=O) groups is 1. The van der Waals surface area contributed by atoms with Crippen LogP contribution in [0.3, 0.4) is 0 Å². The van der Waals surface area contributed by atoms with E-state index in [1.165, 1.54) is 19.1 Å². The van der Waals surface area contributed by atoms with Crippen molar-refractivity contribution in [3.63, 3.8) is 0 Å². The summed E-state index contributed by atoms with van der Waals surface area (Å²) >= 11 is 0. The molecule has 0 saturated heterocycles. The Bertz CT molecular complexity index is 820. The number of halogens is 1. The molecule has 5 nitrogen and oxygen atoms in total. The largest absolute Gasteiger partial charge is 0.416 e. The number of hydrogen-bond donors (Lipinski definition) is 0. The number of amides is 1. The Kier molecular flexibility index (Phi) is 5.79. The second kappa shape index (κ2) is 7.65. The maximum atomic E-state index is 13.1. The highest BCUT2D eigenvalue weighted by atomic mass is 32.2. The highest BCUT2D eigenvalue weighted by molar-refractivity contribution is 7.92. The molecule has 0 saturated carbocycles. The predicted octanol–water partition coefficient (Wildman–Crippen LogP) is 3.85. The molecule has 134 valence electrons. The zero-order valence-electron chi connectivity index (χ0n) is 14.2. The summed E-state index contributed by atoms with van der Waals surface area (Å²) in [7, 11) is -3.88. The van der Waals surface area contributed by atoms with Crippen molar-refractivity contribution in [2.24, 2.45) is 0 Å². The third-order valence-corrected chi connectivity index (χ3v) is 5.75. The van der Waals surface area contributed by atoms with Crippen molar-refractivity contribution in [2.75, 3.05) is 0 Å². The van der Waals surface area contributed by atoms with Crippen LogP contribution in [0, 0.1) is 5.82 Å². The summed E-state index contributed by atoms with van der Waals surface area (Å²) < 4.78 is 43.9. The van der Waals surface area contributed by atoms with E-state index in [4.69, 9.17) is 4.74 Å². The van der Waals surface area contributed by atoms with Crippen molar-refractivity contribution >= 4 is 15.9 Å². The van der Waals surface area contributed by atoms with Crippen LogP contribution in [0.1, 0.15) is 20.8 Å². The highest BCUT2D eigenvalue weighted by Crippen LogP contribution is 2.22. The van der Waals surface area contributed by atoms with Gasteiger partial charge in [0.25, 0.3) is 0 Å². The third-order valence-electron chi connectivity index (χ3n) is 3.70. The SMILES string of the molecule is CC(C)N(C(=O)Oc1ccccc1)C(C)S(=O)(=O)c1ccc(F)cc1. The smallest absolute Gasteiger partial charge is 0.410 e. The molecule has 0 aliphatic heterocycles. The van der Waals surface area contributed by atoms with Crippen molar-refractivity contribution in [2.45, 2.75) is 37.1 Å². The number of ether oxygens (including phenoxy) is 1. The Morgan fingerprint density at radius 3 is 2.08 bits per heavy atom. The van der Waals surface area contributed by atoms with Crippen molar-refractivity contribution in [3.05, 3.63) is 60.4 Å². The fraction of sp³-hybridized carbons (Fsp3) is 0.278. The maximum Gasteiger partial charge on any atom is 0.416 e.